The van der Waals surface area contributed by atoms with Crippen LogP contribution in [-0.4, -0.2) is 23.0 Å². The lowest BCUT2D eigenvalue weighted by atomic mass is 10.0. The maximum Gasteiger partial charge on any atom is 0.326 e. The fourth-order valence-electron chi connectivity index (χ4n) is 3.15. The Hall–Kier alpha value is -3.14. The van der Waals surface area contributed by atoms with Crippen LogP contribution in [0, 0.1) is 13.8 Å². The summed E-state index contributed by atoms with van der Waals surface area (Å²) in [6.07, 6.45) is 0.418. The second kappa shape index (κ2) is 8.04. The summed E-state index contributed by atoms with van der Waals surface area (Å²) in [6.45, 7) is 4.01. The lowest BCUT2D eigenvalue weighted by molar-refractivity contribution is -0.141. The van der Waals surface area contributed by atoms with Gasteiger partial charge in [-0.25, -0.2) is 4.79 Å². The molecule has 0 saturated carbocycles. The Kier molecular flexibility index (Phi) is 5.55. The first-order valence-corrected chi connectivity index (χ1v) is 8.98. The van der Waals surface area contributed by atoms with Crippen molar-refractivity contribution < 1.29 is 14.7 Å². The van der Waals surface area contributed by atoms with E-state index in [1.54, 1.807) is 0 Å². The molecule has 3 rings (SSSR count). The number of carbonyl (C=O) groups is 2. The number of hydrogen-bond acceptors (Lipinski definition) is 2. The van der Waals surface area contributed by atoms with E-state index in [-0.39, 0.29) is 18.7 Å². The van der Waals surface area contributed by atoms with Gasteiger partial charge in [0.25, 0.3) is 0 Å². The lowest BCUT2D eigenvalue weighted by Gasteiger charge is -2.15. The summed E-state index contributed by atoms with van der Waals surface area (Å²) >= 11 is 0. The first-order valence-electron chi connectivity index (χ1n) is 8.98. The number of carboxylic acids is 1. The van der Waals surface area contributed by atoms with E-state index >= 15 is 0 Å². The van der Waals surface area contributed by atoms with Crippen LogP contribution in [0.25, 0.3) is 10.8 Å². The first-order chi connectivity index (χ1) is 12.9. The lowest BCUT2D eigenvalue weighted by Crippen LogP contribution is -2.43. The van der Waals surface area contributed by atoms with Crippen LogP contribution >= 0.6 is 0 Å². The molecule has 0 spiro atoms. The van der Waals surface area contributed by atoms with Gasteiger partial charge in [0.2, 0.25) is 5.91 Å². The smallest absolute Gasteiger partial charge is 0.326 e. The van der Waals surface area contributed by atoms with Crippen molar-refractivity contribution in [3.05, 3.63) is 82.9 Å². The second-order valence-electron chi connectivity index (χ2n) is 6.94. The number of carbonyl (C=O) groups excluding carboxylic acids is 1. The van der Waals surface area contributed by atoms with Gasteiger partial charge < -0.3 is 10.4 Å². The molecule has 3 aromatic carbocycles. The molecule has 3 aromatic rings. The van der Waals surface area contributed by atoms with Crippen molar-refractivity contribution in [1.82, 2.24) is 5.32 Å². The summed E-state index contributed by atoms with van der Waals surface area (Å²) in [6, 6.07) is 18.7. The van der Waals surface area contributed by atoms with Gasteiger partial charge in [0.05, 0.1) is 6.42 Å². The Balaban J connectivity index is 1.68. The fourth-order valence-corrected chi connectivity index (χ4v) is 3.15. The first kappa shape index (κ1) is 18.6. The van der Waals surface area contributed by atoms with Gasteiger partial charge in [-0.2, -0.15) is 0 Å². The van der Waals surface area contributed by atoms with E-state index < -0.39 is 12.0 Å². The van der Waals surface area contributed by atoms with E-state index in [9.17, 15) is 14.7 Å². The predicted molar refractivity (Wildman–Crippen MR) is 107 cm³/mol. The molecule has 0 aliphatic heterocycles. The molecule has 0 fully saturated rings. The normalized spacial score (nSPS) is 11.9. The minimum atomic E-state index is -1.03. The van der Waals surface area contributed by atoms with Crippen LogP contribution in [0.5, 0.6) is 0 Å². The van der Waals surface area contributed by atoms with E-state index in [2.05, 4.69) is 5.32 Å². The van der Waals surface area contributed by atoms with Gasteiger partial charge in [-0.3, -0.25) is 4.79 Å². The highest BCUT2D eigenvalue weighted by Gasteiger charge is 2.20. The van der Waals surface area contributed by atoms with Gasteiger partial charge in [0.15, 0.2) is 0 Å². The second-order valence-corrected chi connectivity index (χ2v) is 6.94. The van der Waals surface area contributed by atoms with Crippen molar-refractivity contribution in [2.24, 2.45) is 0 Å². The Morgan fingerprint density at radius 3 is 2.30 bits per heavy atom. The third kappa shape index (κ3) is 4.73. The largest absolute Gasteiger partial charge is 0.480 e. The molecule has 0 unspecified atom stereocenters. The van der Waals surface area contributed by atoms with Crippen LogP contribution in [0.15, 0.2) is 60.7 Å². The number of nitrogens with one attached hydrogen (secondary N) is 1. The van der Waals surface area contributed by atoms with Crippen molar-refractivity contribution in [2.45, 2.75) is 32.7 Å². The summed E-state index contributed by atoms with van der Waals surface area (Å²) in [7, 11) is 0. The van der Waals surface area contributed by atoms with E-state index in [1.165, 1.54) is 0 Å². The van der Waals surface area contributed by atoms with E-state index in [1.807, 2.05) is 74.5 Å². The molecule has 0 bridgehead atoms. The monoisotopic (exact) mass is 361 g/mol. The van der Waals surface area contributed by atoms with Gasteiger partial charge in [-0.05, 0) is 46.9 Å². The van der Waals surface area contributed by atoms with Crippen LogP contribution in [-0.2, 0) is 22.4 Å². The quantitative estimate of drug-likeness (QED) is 0.702. The highest BCUT2D eigenvalue weighted by atomic mass is 16.4. The number of aliphatic carboxylic acids is 1. The number of hydrogen-bond donors (Lipinski definition) is 2. The van der Waals surface area contributed by atoms with Crippen molar-refractivity contribution >= 4 is 22.6 Å². The minimum Gasteiger partial charge on any atom is -0.480 e. The average molecular weight is 361 g/mol. The molecular weight excluding hydrogens is 338 g/mol. The Morgan fingerprint density at radius 1 is 0.889 bits per heavy atom. The zero-order chi connectivity index (χ0) is 19.4. The van der Waals surface area contributed by atoms with Crippen LogP contribution in [0.1, 0.15) is 22.3 Å². The SMILES string of the molecule is Cc1ccc(C[C@@H](NC(=O)Cc2ccc3ccccc3c2)C(=O)O)cc1C. The van der Waals surface area contributed by atoms with Crippen LogP contribution in [0.4, 0.5) is 0 Å². The Bertz CT molecular complexity index is 994. The summed E-state index contributed by atoms with van der Waals surface area (Å²) in [4.78, 5) is 24.0. The van der Waals surface area contributed by atoms with E-state index in [0.717, 1.165) is 33.0 Å². The van der Waals surface area contributed by atoms with Crippen molar-refractivity contribution in [1.29, 1.82) is 0 Å². The summed E-state index contributed by atoms with van der Waals surface area (Å²) in [5, 5.41) is 14.3. The highest BCUT2D eigenvalue weighted by molar-refractivity contribution is 5.87. The zero-order valence-electron chi connectivity index (χ0n) is 15.5. The van der Waals surface area contributed by atoms with Gasteiger partial charge >= 0.3 is 5.97 Å². The van der Waals surface area contributed by atoms with Gasteiger partial charge in [-0.15, -0.1) is 0 Å². The van der Waals surface area contributed by atoms with Crippen molar-refractivity contribution in [2.75, 3.05) is 0 Å². The highest BCUT2D eigenvalue weighted by Crippen LogP contribution is 2.16. The van der Waals surface area contributed by atoms with Crippen molar-refractivity contribution in [3.63, 3.8) is 0 Å². The van der Waals surface area contributed by atoms with Crippen LogP contribution < -0.4 is 5.32 Å². The summed E-state index contributed by atoms with van der Waals surface area (Å²) < 4.78 is 0. The van der Waals surface area contributed by atoms with E-state index in [0.29, 0.717) is 0 Å². The fraction of sp³-hybridized carbons (Fsp3) is 0.217. The molecule has 138 valence electrons. The standard InChI is InChI=1S/C23H23NO3/c1-15-7-8-17(11-16(15)2)13-21(23(26)27)24-22(25)14-18-9-10-19-5-3-4-6-20(19)12-18/h3-12,21H,13-14H2,1-2H3,(H,24,25)(H,26,27)/t21-/m1/s1. The number of amides is 1. The van der Waals surface area contributed by atoms with Gasteiger partial charge in [-0.1, -0.05) is 60.7 Å². The molecule has 0 aliphatic rings. The molecule has 2 N–H and O–H groups in total. The maximum absolute atomic E-state index is 12.4. The molecular formula is C23H23NO3. The third-order valence-electron chi connectivity index (χ3n) is 4.82. The topological polar surface area (TPSA) is 66.4 Å². The number of aryl methyl sites for hydroxylation is 2. The van der Waals surface area contributed by atoms with Crippen LogP contribution in [0.2, 0.25) is 0 Å². The van der Waals surface area contributed by atoms with Crippen LogP contribution in [0.3, 0.4) is 0 Å². The summed E-state index contributed by atoms with van der Waals surface area (Å²) in [5.74, 6) is -1.32. The Labute approximate surface area is 158 Å². The van der Waals surface area contributed by atoms with Gasteiger partial charge in [0.1, 0.15) is 6.04 Å². The van der Waals surface area contributed by atoms with Crippen molar-refractivity contribution in [3.8, 4) is 0 Å². The van der Waals surface area contributed by atoms with Gasteiger partial charge in [0, 0.05) is 6.42 Å². The maximum atomic E-state index is 12.4. The molecule has 0 heterocycles. The summed E-state index contributed by atoms with van der Waals surface area (Å²) in [5.41, 5.74) is 4.03. The molecule has 0 aromatic heterocycles. The van der Waals surface area contributed by atoms with E-state index in [4.69, 9.17) is 0 Å². The Morgan fingerprint density at radius 2 is 1.59 bits per heavy atom. The number of rotatable bonds is 6. The minimum absolute atomic E-state index is 0.154. The molecule has 0 radical (unpaired) electrons. The molecule has 4 heteroatoms. The molecule has 1 atom stereocenters. The zero-order valence-corrected chi connectivity index (χ0v) is 15.5. The predicted octanol–water partition coefficient (Wildman–Crippen LogP) is 3.81. The number of carboxylic acid groups (broad SMARTS) is 1. The third-order valence-corrected chi connectivity index (χ3v) is 4.82. The molecule has 27 heavy (non-hydrogen) atoms. The number of benzene rings is 3. The molecule has 0 aliphatic carbocycles. The molecule has 1 amide bonds. The number of fused-ring (bicyclic) bond motifs is 1. The molecule has 0 saturated heterocycles. The average Bonchev–Trinajstić information content (AvgIpc) is 2.64. The molecule has 4 nitrogen and oxygen atoms in total.